The second kappa shape index (κ2) is 9.32. The third kappa shape index (κ3) is 5.77. The Morgan fingerprint density at radius 2 is 1.74 bits per heavy atom. The van der Waals surface area contributed by atoms with Crippen LogP contribution in [0, 0.1) is 12.8 Å². The molecule has 1 atom stereocenters. The summed E-state index contributed by atoms with van der Waals surface area (Å²) in [5.41, 5.74) is 3.68. The van der Waals surface area contributed by atoms with E-state index in [0.29, 0.717) is 5.75 Å². The molecule has 3 nitrogen and oxygen atoms in total. The SMILES string of the molecule is Cc1ccc(SCC(=O)NC(C)c2ccc(N3CCC(C)CC3)cc2)cc1. The lowest BCUT2D eigenvalue weighted by atomic mass is 9.98. The molecule has 4 heteroatoms. The Labute approximate surface area is 167 Å². The Kier molecular flexibility index (Phi) is 6.84. The number of benzene rings is 2. The summed E-state index contributed by atoms with van der Waals surface area (Å²) in [4.78, 5) is 15.9. The number of carbonyl (C=O) groups excluding carboxylic acids is 1. The Bertz CT molecular complexity index is 734. The molecule has 1 aliphatic rings. The molecule has 1 unspecified atom stereocenters. The Balaban J connectivity index is 1.49. The normalized spacial score (nSPS) is 16.2. The van der Waals surface area contributed by atoms with Crippen LogP contribution in [-0.4, -0.2) is 24.7 Å². The highest BCUT2D eigenvalue weighted by molar-refractivity contribution is 8.00. The van der Waals surface area contributed by atoms with Crippen LogP contribution in [0.5, 0.6) is 0 Å². The van der Waals surface area contributed by atoms with Gasteiger partial charge < -0.3 is 10.2 Å². The van der Waals surface area contributed by atoms with Crippen molar-refractivity contribution in [3.63, 3.8) is 0 Å². The van der Waals surface area contributed by atoms with E-state index < -0.39 is 0 Å². The fourth-order valence-corrected chi connectivity index (χ4v) is 4.10. The Morgan fingerprint density at radius 3 is 2.37 bits per heavy atom. The molecule has 0 radical (unpaired) electrons. The van der Waals surface area contributed by atoms with Crippen LogP contribution >= 0.6 is 11.8 Å². The second-order valence-corrected chi connectivity index (χ2v) is 8.70. The van der Waals surface area contributed by atoms with Gasteiger partial charge >= 0.3 is 0 Å². The number of aryl methyl sites for hydroxylation is 1. The maximum atomic E-state index is 12.3. The first-order chi connectivity index (χ1) is 13.0. The van der Waals surface area contributed by atoms with Gasteiger partial charge in [-0.15, -0.1) is 11.8 Å². The predicted octanol–water partition coefficient (Wildman–Crippen LogP) is 5.20. The molecule has 0 aliphatic carbocycles. The lowest BCUT2D eigenvalue weighted by molar-refractivity contribution is -0.119. The summed E-state index contributed by atoms with van der Waals surface area (Å²) in [5, 5.41) is 3.11. The maximum absolute atomic E-state index is 12.3. The highest BCUT2D eigenvalue weighted by Crippen LogP contribution is 2.25. The zero-order valence-corrected chi connectivity index (χ0v) is 17.4. The summed E-state index contributed by atoms with van der Waals surface area (Å²) in [6.07, 6.45) is 2.54. The van der Waals surface area contributed by atoms with E-state index in [2.05, 4.69) is 72.6 Å². The lowest BCUT2D eigenvalue weighted by Crippen LogP contribution is -2.32. The van der Waals surface area contributed by atoms with Crippen molar-refractivity contribution in [1.29, 1.82) is 0 Å². The maximum Gasteiger partial charge on any atom is 0.230 e. The molecule has 1 N–H and O–H groups in total. The van der Waals surface area contributed by atoms with E-state index in [1.54, 1.807) is 11.8 Å². The van der Waals surface area contributed by atoms with Crippen molar-refractivity contribution in [2.75, 3.05) is 23.7 Å². The van der Waals surface area contributed by atoms with E-state index in [-0.39, 0.29) is 11.9 Å². The monoisotopic (exact) mass is 382 g/mol. The fraction of sp³-hybridized carbons (Fsp3) is 0.435. The number of nitrogens with one attached hydrogen (secondary N) is 1. The number of hydrogen-bond acceptors (Lipinski definition) is 3. The predicted molar refractivity (Wildman–Crippen MR) is 116 cm³/mol. The number of thioether (sulfide) groups is 1. The van der Waals surface area contributed by atoms with Crippen LogP contribution in [0.2, 0.25) is 0 Å². The summed E-state index contributed by atoms with van der Waals surface area (Å²) in [6, 6.07) is 17.0. The minimum atomic E-state index is 0.0199. The molecular formula is C23H30N2OS. The standard InChI is InChI=1S/C23H30N2OS/c1-17-4-10-22(11-5-17)27-16-23(26)24-19(3)20-6-8-21(9-7-20)25-14-12-18(2)13-15-25/h4-11,18-19H,12-16H2,1-3H3,(H,24,26). The van der Waals surface area contributed by atoms with E-state index in [4.69, 9.17) is 0 Å². The molecule has 2 aromatic carbocycles. The van der Waals surface area contributed by atoms with Gasteiger partial charge in [0, 0.05) is 23.7 Å². The van der Waals surface area contributed by atoms with Gasteiger partial charge in [0.2, 0.25) is 5.91 Å². The quantitative estimate of drug-likeness (QED) is 0.697. The van der Waals surface area contributed by atoms with E-state index >= 15 is 0 Å². The van der Waals surface area contributed by atoms with Crippen LogP contribution in [0.1, 0.15) is 43.9 Å². The van der Waals surface area contributed by atoms with Gasteiger partial charge in [-0.2, -0.15) is 0 Å². The van der Waals surface area contributed by atoms with Gasteiger partial charge in [-0.25, -0.2) is 0 Å². The summed E-state index contributed by atoms with van der Waals surface area (Å²) in [5.74, 6) is 1.35. The summed E-state index contributed by atoms with van der Waals surface area (Å²) >= 11 is 1.58. The van der Waals surface area contributed by atoms with Crippen LogP contribution < -0.4 is 10.2 Å². The minimum Gasteiger partial charge on any atom is -0.372 e. The first-order valence-electron chi connectivity index (χ1n) is 9.85. The van der Waals surface area contributed by atoms with Crippen molar-refractivity contribution in [2.24, 2.45) is 5.92 Å². The zero-order chi connectivity index (χ0) is 19.2. The van der Waals surface area contributed by atoms with E-state index in [1.165, 1.54) is 24.1 Å². The van der Waals surface area contributed by atoms with Gasteiger partial charge in [0.25, 0.3) is 0 Å². The van der Waals surface area contributed by atoms with Crippen molar-refractivity contribution in [2.45, 2.75) is 44.6 Å². The molecule has 27 heavy (non-hydrogen) atoms. The smallest absolute Gasteiger partial charge is 0.230 e. The first-order valence-corrected chi connectivity index (χ1v) is 10.8. The summed E-state index contributed by atoms with van der Waals surface area (Å²) in [6.45, 7) is 8.74. The average Bonchev–Trinajstić information content (AvgIpc) is 2.68. The van der Waals surface area contributed by atoms with Crippen LogP contribution in [-0.2, 0) is 4.79 Å². The van der Waals surface area contributed by atoms with Crippen LogP contribution in [0.4, 0.5) is 5.69 Å². The number of amides is 1. The molecule has 0 saturated carbocycles. The fourth-order valence-electron chi connectivity index (χ4n) is 3.39. The van der Waals surface area contributed by atoms with Crippen molar-refractivity contribution in [3.8, 4) is 0 Å². The van der Waals surface area contributed by atoms with E-state index in [1.807, 2.05) is 6.92 Å². The van der Waals surface area contributed by atoms with Crippen LogP contribution in [0.3, 0.4) is 0 Å². The van der Waals surface area contributed by atoms with Crippen molar-refractivity contribution >= 4 is 23.4 Å². The molecule has 1 fully saturated rings. The molecule has 0 bridgehead atoms. The van der Waals surface area contributed by atoms with Crippen LogP contribution in [0.15, 0.2) is 53.4 Å². The third-order valence-corrected chi connectivity index (χ3v) is 6.32. The molecule has 3 rings (SSSR count). The molecule has 2 aromatic rings. The highest BCUT2D eigenvalue weighted by atomic mass is 32.2. The topological polar surface area (TPSA) is 32.3 Å². The molecule has 0 aromatic heterocycles. The van der Waals surface area contributed by atoms with Crippen molar-refractivity contribution in [1.82, 2.24) is 5.32 Å². The first kappa shape index (κ1) is 19.8. The molecule has 0 spiro atoms. The molecule has 1 saturated heterocycles. The highest BCUT2D eigenvalue weighted by Gasteiger charge is 2.16. The number of piperidine rings is 1. The average molecular weight is 383 g/mol. The Morgan fingerprint density at radius 1 is 1.11 bits per heavy atom. The molecular weight excluding hydrogens is 352 g/mol. The van der Waals surface area contributed by atoms with Gasteiger partial charge in [0.05, 0.1) is 11.8 Å². The van der Waals surface area contributed by atoms with Gasteiger partial charge in [-0.05, 0) is 62.4 Å². The van der Waals surface area contributed by atoms with Gasteiger partial charge in [-0.3, -0.25) is 4.79 Å². The van der Waals surface area contributed by atoms with Crippen LogP contribution in [0.25, 0.3) is 0 Å². The van der Waals surface area contributed by atoms with Gasteiger partial charge in [-0.1, -0.05) is 36.8 Å². The number of anilines is 1. The molecule has 144 valence electrons. The van der Waals surface area contributed by atoms with E-state index in [9.17, 15) is 4.79 Å². The minimum absolute atomic E-state index is 0.0199. The number of hydrogen-bond donors (Lipinski definition) is 1. The van der Waals surface area contributed by atoms with Gasteiger partial charge in [0.1, 0.15) is 0 Å². The molecule has 1 heterocycles. The number of nitrogens with zero attached hydrogens (tertiary/aromatic N) is 1. The zero-order valence-electron chi connectivity index (χ0n) is 16.6. The summed E-state index contributed by atoms with van der Waals surface area (Å²) < 4.78 is 0. The molecule has 1 amide bonds. The number of rotatable bonds is 6. The third-order valence-electron chi connectivity index (χ3n) is 5.31. The van der Waals surface area contributed by atoms with Crippen molar-refractivity contribution < 1.29 is 4.79 Å². The second-order valence-electron chi connectivity index (χ2n) is 7.65. The van der Waals surface area contributed by atoms with Gasteiger partial charge in [0.15, 0.2) is 0 Å². The Hall–Kier alpha value is -1.94. The van der Waals surface area contributed by atoms with Crippen molar-refractivity contribution in [3.05, 3.63) is 59.7 Å². The summed E-state index contributed by atoms with van der Waals surface area (Å²) in [7, 11) is 0. The number of carbonyl (C=O) groups is 1. The lowest BCUT2D eigenvalue weighted by Gasteiger charge is -2.32. The largest absolute Gasteiger partial charge is 0.372 e. The van der Waals surface area contributed by atoms with E-state index in [0.717, 1.165) is 29.5 Å². The molecule has 1 aliphatic heterocycles.